The van der Waals surface area contributed by atoms with Gasteiger partial charge < -0.3 is 0 Å². The zero-order chi connectivity index (χ0) is 14.3. The summed E-state index contributed by atoms with van der Waals surface area (Å²) in [5, 5.41) is 0. The highest BCUT2D eigenvalue weighted by Crippen LogP contribution is 2.29. The predicted molar refractivity (Wildman–Crippen MR) is 87.1 cm³/mol. The van der Waals surface area contributed by atoms with Crippen molar-refractivity contribution in [2.24, 2.45) is 11.8 Å². The number of halogens is 2. The van der Waals surface area contributed by atoms with Crippen LogP contribution in [0.4, 0.5) is 4.39 Å². The molecule has 2 atom stereocenters. The molecule has 0 aliphatic heterocycles. The molecule has 0 fully saturated rings. The standard InChI is InChI=1S/C15H24FIN2/c1-3-5-6-11(4-2)9-15(19-18)13-8-7-12(16)10-14(13)17/h7-8,10-11,15,19H,3-6,9,18H2,1-2H3. The molecule has 0 bridgehead atoms. The van der Waals surface area contributed by atoms with Crippen LogP contribution in [0.1, 0.15) is 57.6 Å². The fourth-order valence-corrected chi connectivity index (χ4v) is 3.24. The SMILES string of the molecule is CCCCC(CC)CC(NN)c1ccc(F)cc1I. The first-order valence-electron chi connectivity index (χ1n) is 7.03. The van der Waals surface area contributed by atoms with Gasteiger partial charge in [-0.1, -0.05) is 45.6 Å². The van der Waals surface area contributed by atoms with Crippen molar-refractivity contribution < 1.29 is 4.39 Å². The van der Waals surface area contributed by atoms with Crippen molar-refractivity contribution in [3.8, 4) is 0 Å². The predicted octanol–water partition coefficient (Wildman–Crippen LogP) is 4.54. The van der Waals surface area contributed by atoms with Gasteiger partial charge in [-0.05, 0) is 52.6 Å². The summed E-state index contributed by atoms with van der Waals surface area (Å²) in [6.07, 6.45) is 5.90. The maximum atomic E-state index is 13.2. The summed E-state index contributed by atoms with van der Waals surface area (Å²) in [6.45, 7) is 4.44. The lowest BCUT2D eigenvalue weighted by atomic mass is 9.89. The van der Waals surface area contributed by atoms with Gasteiger partial charge in [0, 0.05) is 9.61 Å². The van der Waals surface area contributed by atoms with E-state index in [0.717, 1.165) is 22.0 Å². The topological polar surface area (TPSA) is 38.0 Å². The minimum atomic E-state index is -0.193. The molecule has 2 nitrogen and oxygen atoms in total. The molecule has 1 aromatic carbocycles. The number of nitrogens with one attached hydrogen (secondary N) is 1. The summed E-state index contributed by atoms with van der Waals surface area (Å²) in [5.74, 6) is 6.17. The summed E-state index contributed by atoms with van der Waals surface area (Å²) in [4.78, 5) is 0. The van der Waals surface area contributed by atoms with Crippen LogP contribution < -0.4 is 11.3 Å². The highest BCUT2D eigenvalue weighted by Gasteiger charge is 2.18. The lowest BCUT2D eigenvalue weighted by Crippen LogP contribution is -2.30. The number of hydrogen-bond acceptors (Lipinski definition) is 2. The fraction of sp³-hybridized carbons (Fsp3) is 0.600. The van der Waals surface area contributed by atoms with Crippen LogP contribution in [0.2, 0.25) is 0 Å². The van der Waals surface area contributed by atoms with Crippen molar-refractivity contribution in [1.82, 2.24) is 5.43 Å². The van der Waals surface area contributed by atoms with Crippen LogP contribution in [0.3, 0.4) is 0 Å². The highest BCUT2D eigenvalue weighted by atomic mass is 127. The lowest BCUT2D eigenvalue weighted by molar-refractivity contribution is 0.355. The van der Waals surface area contributed by atoms with E-state index >= 15 is 0 Å². The second-order valence-electron chi connectivity index (χ2n) is 5.04. The van der Waals surface area contributed by atoms with Crippen molar-refractivity contribution in [2.45, 2.75) is 52.0 Å². The van der Waals surface area contributed by atoms with E-state index in [0.29, 0.717) is 5.92 Å². The van der Waals surface area contributed by atoms with E-state index in [1.165, 1.54) is 25.3 Å². The second kappa shape index (κ2) is 8.87. The average molecular weight is 378 g/mol. The van der Waals surface area contributed by atoms with Gasteiger partial charge in [0.1, 0.15) is 5.82 Å². The largest absolute Gasteiger partial charge is 0.271 e. The first kappa shape index (κ1) is 16.9. The van der Waals surface area contributed by atoms with Gasteiger partial charge in [-0.3, -0.25) is 11.3 Å². The number of hydrogen-bond donors (Lipinski definition) is 2. The molecule has 0 aliphatic rings. The monoisotopic (exact) mass is 378 g/mol. The molecule has 0 radical (unpaired) electrons. The molecular formula is C15H24FIN2. The van der Waals surface area contributed by atoms with Gasteiger partial charge in [0.05, 0.1) is 0 Å². The Morgan fingerprint density at radius 2 is 2.11 bits per heavy atom. The van der Waals surface area contributed by atoms with Crippen molar-refractivity contribution >= 4 is 22.6 Å². The van der Waals surface area contributed by atoms with Crippen molar-refractivity contribution in [1.29, 1.82) is 0 Å². The van der Waals surface area contributed by atoms with Crippen molar-refractivity contribution in [2.75, 3.05) is 0 Å². The van der Waals surface area contributed by atoms with Gasteiger partial charge in [-0.15, -0.1) is 0 Å². The third-order valence-corrected chi connectivity index (χ3v) is 4.59. The maximum absolute atomic E-state index is 13.2. The number of nitrogens with two attached hydrogens (primary N) is 1. The lowest BCUT2D eigenvalue weighted by Gasteiger charge is -2.23. The van der Waals surface area contributed by atoms with Gasteiger partial charge in [0.2, 0.25) is 0 Å². The van der Waals surface area contributed by atoms with E-state index < -0.39 is 0 Å². The molecule has 1 rings (SSSR count). The van der Waals surface area contributed by atoms with Gasteiger partial charge >= 0.3 is 0 Å². The number of hydrazine groups is 1. The molecule has 4 heteroatoms. The Morgan fingerprint density at radius 3 is 2.63 bits per heavy atom. The normalized spacial score (nSPS) is 14.4. The maximum Gasteiger partial charge on any atom is 0.124 e. The van der Waals surface area contributed by atoms with E-state index in [-0.39, 0.29) is 11.9 Å². The smallest absolute Gasteiger partial charge is 0.124 e. The van der Waals surface area contributed by atoms with E-state index in [2.05, 4.69) is 41.9 Å². The second-order valence-corrected chi connectivity index (χ2v) is 6.20. The van der Waals surface area contributed by atoms with Crippen LogP contribution in [-0.2, 0) is 0 Å². The summed E-state index contributed by atoms with van der Waals surface area (Å²) >= 11 is 2.18. The number of rotatable bonds is 8. The fourth-order valence-electron chi connectivity index (χ4n) is 2.38. The van der Waals surface area contributed by atoms with Gasteiger partial charge in [0.25, 0.3) is 0 Å². The third-order valence-electron chi connectivity index (χ3n) is 3.65. The first-order chi connectivity index (χ1) is 9.12. The Balaban J connectivity index is 2.76. The van der Waals surface area contributed by atoms with Crippen LogP contribution in [0, 0.1) is 15.3 Å². The van der Waals surface area contributed by atoms with E-state index in [1.54, 1.807) is 6.07 Å². The number of unbranched alkanes of at least 4 members (excludes halogenated alkanes) is 1. The Morgan fingerprint density at radius 1 is 1.37 bits per heavy atom. The van der Waals surface area contributed by atoms with Crippen LogP contribution in [0.5, 0.6) is 0 Å². The Labute approximate surface area is 129 Å². The Hall–Kier alpha value is -0.200. The molecule has 108 valence electrons. The zero-order valence-electron chi connectivity index (χ0n) is 11.8. The number of benzene rings is 1. The first-order valence-corrected chi connectivity index (χ1v) is 8.11. The molecule has 19 heavy (non-hydrogen) atoms. The quantitative estimate of drug-likeness (QED) is 0.396. The minimum absolute atomic E-state index is 0.106. The molecule has 0 saturated heterocycles. The molecule has 3 N–H and O–H groups in total. The van der Waals surface area contributed by atoms with Crippen LogP contribution in [0.15, 0.2) is 18.2 Å². The Bertz CT molecular complexity index is 384. The summed E-state index contributed by atoms with van der Waals surface area (Å²) in [7, 11) is 0. The molecule has 0 heterocycles. The van der Waals surface area contributed by atoms with Crippen LogP contribution in [-0.4, -0.2) is 0 Å². The van der Waals surface area contributed by atoms with Gasteiger partial charge in [-0.25, -0.2) is 4.39 Å². The van der Waals surface area contributed by atoms with E-state index in [1.807, 2.05) is 6.07 Å². The zero-order valence-corrected chi connectivity index (χ0v) is 13.9. The van der Waals surface area contributed by atoms with E-state index in [4.69, 9.17) is 5.84 Å². The van der Waals surface area contributed by atoms with Crippen molar-refractivity contribution in [3.05, 3.63) is 33.1 Å². The van der Waals surface area contributed by atoms with E-state index in [9.17, 15) is 4.39 Å². The summed E-state index contributed by atoms with van der Waals surface area (Å²) in [5.41, 5.74) is 3.99. The summed E-state index contributed by atoms with van der Waals surface area (Å²) in [6, 6.07) is 5.02. The average Bonchev–Trinajstić information content (AvgIpc) is 2.40. The van der Waals surface area contributed by atoms with Gasteiger partial charge in [0.15, 0.2) is 0 Å². The molecule has 1 aromatic rings. The molecular weight excluding hydrogens is 354 g/mol. The van der Waals surface area contributed by atoms with Gasteiger partial charge in [-0.2, -0.15) is 0 Å². The van der Waals surface area contributed by atoms with Crippen LogP contribution in [0.25, 0.3) is 0 Å². The molecule has 0 aromatic heterocycles. The molecule has 0 saturated carbocycles. The Kier molecular flexibility index (Phi) is 7.87. The van der Waals surface area contributed by atoms with Crippen molar-refractivity contribution in [3.63, 3.8) is 0 Å². The molecule has 0 amide bonds. The highest BCUT2D eigenvalue weighted by molar-refractivity contribution is 14.1. The minimum Gasteiger partial charge on any atom is -0.271 e. The molecule has 2 unspecified atom stereocenters. The summed E-state index contributed by atoms with van der Waals surface area (Å²) < 4.78 is 14.1. The van der Waals surface area contributed by atoms with Crippen LogP contribution >= 0.6 is 22.6 Å². The third kappa shape index (κ3) is 5.36. The molecule has 0 spiro atoms. The molecule has 0 aliphatic carbocycles.